The first kappa shape index (κ1) is 17.9. The van der Waals surface area contributed by atoms with E-state index in [0.717, 1.165) is 17.1 Å². The van der Waals surface area contributed by atoms with Crippen molar-refractivity contribution in [1.82, 2.24) is 5.32 Å². The Morgan fingerprint density at radius 1 is 1.38 bits per heavy atom. The number of rotatable bonds is 8. The lowest BCUT2D eigenvalue weighted by Crippen LogP contribution is -2.33. The Morgan fingerprint density at radius 2 is 2.10 bits per heavy atom. The molecule has 0 aliphatic heterocycles. The van der Waals surface area contributed by atoms with Gasteiger partial charge in [-0.05, 0) is 30.4 Å². The molecule has 21 heavy (non-hydrogen) atoms. The Labute approximate surface area is 134 Å². The van der Waals surface area contributed by atoms with E-state index in [1.165, 1.54) is 11.8 Å². The number of thioether (sulfide) groups is 1. The first-order chi connectivity index (χ1) is 9.99. The number of halogens is 1. The molecule has 0 saturated heterocycles. The molecule has 4 nitrogen and oxygen atoms in total. The van der Waals surface area contributed by atoms with Crippen LogP contribution in [0, 0.1) is 5.92 Å². The number of aliphatic carboxylic acids is 1. The summed E-state index contributed by atoms with van der Waals surface area (Å²) in [4.78, 5) is 24.1. The molecular formula is C15H20ClNO3S. The van der Waals surface area contributed by atoms with Crippen LogP contribution in [0.4, 0.5) is 0 Å². The molecule has 0 radical (unpaired) electrons. The molecule has 6 heteroatoms. The van der Waals surface area contributed by atoms with Crippen molar-refractivity contribution in [2.45, 2.75) is 31.6 Å². The van der Waals surface area contributed by atoms with E-state index in [0.29, 0.717) is 17.0 Å². The van der Waals surface area contributed by atoms with Gasteiger partial charge in [-0.1, -0.05) is 31.9 Å². The van der Waals surface area contributed by atoms with Gasteiger partial charge in [-0.2, -0.15) is 0 Å². The minimum atomic E-state index is -0.878. The average Bonchev–Trinajstić information content (AvgIpc) is 2.43. The van der Waals surface area contributed by atoms with E-state index in [4.69, 9.17) is 16.7 Å². The van der Waals surface area contributed by atoms with Crippen LogP contribution in [0.3, 0.4) is 0 Å². The van der Waals surface area contributed by atoms with Crippen LogP contribution in [0.25, 0.3) is 0 Å². The van der Waals surface area contributed by atoms with E-state index < -0.39 is 11.9 Å². The molecule has 0 saturated carbocycles. The lowest BCUT2D eigenvalue weighted by Gasteiger charge is -2.14. The topological polar surface area (TPSA) is 66.4 Å². The molecular weight excluding hydrogens is 310 g/mol. The second kappa shape index (κ2) is 8.95. The summed E-state index contributed by atoms with van der Waals surface area (Å²) in [6.07, 6.45) is 1.32. The number of carbonyl (C=O) groups is 2. The number of carboxylic acid groups (broad SMARTS) is 1. The Balaban J connectivity index is 2.77. The zero-order valence-corrected chi connectivity index (χ0v) is 13.8. The quantitative estimate of drug-likeness (QED) is 0.714. The van der Waals surface area contributed by atoms with Gasteiger partial charge in [0.05, 0.1) is 11.5 Å². The van der Waals surface area contributed by atoms with Crippen molar-refractivity contribution >= 4 is 35.2 Å². The second-order valence-electron chi connectivity index (χ2n) is 4.61. The maximum Gasteiger partial charge on any atom is 0.308 e. The third kappa shape index (κ3) is 5.59. The van der Waals surface area contributed by atoms with Crippen LogP contribution in [0.1, 0.15) is 37.0 Å². The van der Waals surface area contributed by atoms with Crippen LogP contribution in [0.15, 0.2) is 23.1 Å². The minimum Gasteiger partial charge on any atom is -0.481 e. The fraction of sp³-hybridized carbons (Fsp3) is 0.467. The first-order valence-electron chi connectivity index (χ1n) is 6.92. The third-order valence-electron chi connectivity index (χ3n) is 2.98. The van der Waals surface area contributed by atoms with Gasteiger partial charge in [0, 0.05) is 16.5 Å². The summed E-state index contributed by atoms with van der Waals surface area (Å²) in [7, 11) is 0. The van der Waals surface area contributed by atoms with Crippen LogP contribution in [-0.4, -0.2) is 29.3 Å². The van der Waals surface area contributed by atoms with Crippen molar-refractivity contribution in [2.24, 2.45) is 5.92 Å². The summed E-state index contributed by atoms with van der Waals surface area (Å²) >= 11 is 7.48. The van der Waals surface area contributed by atoms with Crippen LogP contribution in [-0.2, 0) is 4.79 Å². The van der Waals surface area contributed by atoms with Crippen molar-refractivity contribution < 1.29 is 14.7 Å². The molecule has 0 bridgehead atoms. The number of amides is 1. The van der Waals surface area contributed by atoms with E-state index in [9.17, 15) is 9.59 Å². The average molecular weight is 330 g/mol. The fourth-order valence-corrected chi connectivity index (χ4v) is 3.01. The van der Waals surface area contributed by atoms with Gasteiger partial charge in [-0.3, -0.25) is 9.59 Å². The monoisotopic (exact) mass is 329 g/mol. The summed E-state index contributed by atoms with van der Waals surface area (Å²) in [5.74, 6) is -0.858. The predicted octanol–water partition coefficient (Wildman–Crippen LogP) is 3.68. The zero-order valence-electron chi connectivity index (χ0n) is 12.2. The Hall–Kier alpha value is -1.20. The number of carboxylic acids is 1. The highest BCUT2D eigenvalue weighted by Gasteiger charge is 2.19. The van der Waals surface area contributed by atoms with Crippen molar-refractivity contribution in [3.05, 3.63) is 28.8 Å². The normalized spacial score (nSPS) is 12.0. The van der Waals surface area contributed by atoms with E-state index >= 15 is 0 Å². The molecule has 1 amide bonds. The molecule has 116 valence electrons. The van der Waals surface area contributed by atoms with Crippen LogP contribution < -0.4 is 5.32 Å². The van der Waals surface area contributed by atoms with E-state index in [-0.39, 0.29) is 12.5 Å². The minimum absolute atomic E-state index is 0.140. The highest BCUT2D eigenvalue weighted by atomic mass is 35.5. The SMILES string of the molecule is CCCC(CNC(=O)c1ccc(Cl)cc1SCC)C(=O)O. The predicted molar refractivity (Wildman–Crippen MR) is 86.2 cm³/mol. The van der Waals surface area contributed by atoms with Gasteiger partial charge in [-0.25, -0.2) is 0 Å². The van der Waals surface area contributed by atoms with E-state index in [1.54, 1.807) is 18.2 Å². The zero-order chi connectivity index (χ0) is 15.8. The van der Waals surface area contributed by atoms with Crippen molar-refractivity contribution in [2.75, 3.05) is 12.3 Å². The summed E-state index contributed by atoms with van der Waals surface area (Å²) in [6.45, 7) is 4.06. The summed E-state index contributed by atoms with van der Waals surface area (Å²) in [5, 5.41) is 12.4. The Kier molecular flexibility index (Phi) is 7.61. The molecule has 1 aromatic rings. The van der Waals surface area contributed by atoms with Crippen LogP contribution >= 0.6 is 23.4 Å². The highest BCUT2D eigenvalue weighted by Crippen LogP contribution is 2.26. The molecule has 0 aliphatic rings. The highest BCUT2D eigenvalue weighted by molar-refractivity contribution is 7.99. The first-order valence-corrected chi connectivity index (χ1v) is 8.29. The van der Waals surface area contributed by atoms with Crippen molar-refractivity contribution in [3.63, 3.8) is 0 Å². The van der Waals surface area contributed by atoms with Crippen molar-refractivity contribution in [3.8, 4) is 0 Å². The lowest BCUT2D eigenvalue weighted by atomic mass is 10.0. The number of hydrogen-bond acceptors (Lipinski definition) is 3. The number of benzene rings is 1. The lowest BCUT2D eigenvalue weighted by molar-refractivity contribution is -0.141. The molecule has 2 N–H and O–H groups in total. The Bertz CT molecular complexity index is 508. The van der Waals surface area contributed by atoms with Crippen molar-refractivity contribution in [1.29, 1.82) is 0 Å². The van der Waals surface area contributed by atoms with Crippen LogP contribution in [0.5, 0.6) is 0 Å². The van der Waals surface area contributed by atoms with E-state index in [1.807, 2.05) is 13.8 Å². The fourth-order valence-electron chi connectivity index (χ4n) is 1.93. The largest absolute Gasteiger partial charge is 0.481 e. The summed E-state index contributed by atoms with van der Waals surface area (Å²) in [6, 6.07) is 5.09. The number of carbonyl (C=O) groups excluding carboxylic acids is 1. The molecule has 1 rings (SSSR count). The number of hydrogen-bond donors (Lipinski definition) is 2. The Morgan fingerprint density at radius 3 is 2.67 bits per heavy atom. The summed E-state index contributed by atoms with van der Waals surface area (Å²) in [5.41, 5.74) is 0.534. The van der Waals surface area contributed by atoms with Gasteiger partial charge < -0.3 is 10.4 Å². The maximum absolute atomic E-state index is 12.2. The smallest absolute Gasteiger partial charge is 0.308 e. The molecule has 0 heterocycles. The summed E-state index contributed by atoms with van der Waals surface area (Å²) < 4.78 is 0. The standard InChI is InChI=1S/C15H20ClNO3S/c1-3-5-10(15(19)20)9-17-14(18)12-7-6-11(16)8-13(12)21-4-2/h6-8,10H,3-5,9H2,1-2H3,(H,17,18)(H,19,20). The molecule has 0 aliphatic carbocycles. The molecule has 0 aromatic heterocycles. The molecule has 0 spiro atoms. The van der Waals surface area contributed by atoms with Gasteiger partial charge in [-0.15, -0.1) is 11.8 Å². The van der Waals surface area contributed by atoms with E-state index in [2.05, 4.69) is 5.32 Å². The third-order valence-corrected chi connectivity index (χ3v) is 4.16. The van der Waals surface area contributed by atoms with Gasteiger partial charge in [0.15, 0.2) is 0 Å². The number of nitrogens with one attached hydrogen (secondary N) is 1. The van der Waals surface area contributed by atoms with Gasteiger partial charge in [0.2, 0.25) is 0 Å². The van der Waals surface area contributed by atoms with Gasteiger partial charge in [0.25, 0.3) is 5.91 Å². The van der Waals surface area contributed by atoms with Crippen LogP contribution in [0.2, 0.25) is 5.02 Å². The molecule has 1 unspecified atom stereocenters. The molecule has 1 atom stereocenters. The van der Waals surface area contributed by atoms with Gasteiger partial charge in [0.1, 0.15) is 0 Å². The second-order valence-corrected chi connectivity index (χ2v) is 6.35. The molecule has 1 aromatic carbocycles. The maximum atomic E-state index is 12.2. The van der Waals surface area contributed by atoms with Gasteiger partial charge >= 0.3 is 5.97 Å². The molecule has 0 fully saturated rings.